The highest BCUT2D eigenvalue weighted by atomic mass is 32.1. The maximum absolute atomic E-state index is 12.6. The molecule has 29 heavy (non-hydrogen) atoms. The van der Waals surface area contributed by atoms with E-state index in [1.165, 1.54) is 0 Å². The molecule has 142 valence electrons. The quantitative estimate of drug-likeness (QED) is 0.481. The first-order chi connectivity index (χ1) is 14.3. The van der Waals surface area contributed by atoms with Crippen LogP contribution in [0.15, 0.2) is 83.4 Å². The predicted octanol–water partition coefficient (Wildman–Crippen LogP) is 4.09. The van der Waals surface area contributed by atoms with Crippen molar-refractivity contribution in [3.05, 3.63) is 93.8 Å². The van der Waals surface area contributed by atoms with Gasteiger partial charge in [-0.1, -0.05) is 24.3 Å². The molecule has 0 fully saturated rings. The largest absolute Gasteiger partial charge is 0.287 e. The SMILES string of the molecule is O=c1ccc2cnc(N(c3ccccc3)c3cn[nH]c3)nc2n1Cc1cccs1. The van der Waals surface area contributed by atoms with Crippen molar-refractivity contribution >= 4 is 39.7 Å². The molecule has 0 aliphatic rings. The van der Waals surface area contributed by atoms with Gasteiger partial charge in [0, 0.05) is 34.4 Å². The summed E-state index contributed by atoms with van der Waals surface area (Å²) in [6.07, 6.45) is 5.24. The normalized spacial score (nSPS) is 11.0. The number of nitrogens with one attached hydrogen (secondary N) is 1. The van der Waals surface area contributed by atoms with Crippen LogP contribution < -0.4 is 10.5 Å². The van der Waals surface area contributed by atoms with Gasteiger partial charge in [0.2, 0.25) is 5.95 Å². The number of aromatic nitrogens is 5. The fourth-order valence-corrected chi connectivity index (χ4v) is 3.90. The minimum atomic E-state index is -0.0925. The molecule has 0 bridgehead atoms. The lowest BCUT2D eigenvalue weighted by Crippen LogP contribution is -2.21. The number of fused-ring (bicyclic) bond motifs is 1. The van der Waals surface area contributed by atoms with Gasteiger partial charge in [-0.2, -0.15) is 10.1 Å². The van der Waals surface area contributed by atoms with E-state index in [1.807, 2.05) is 52.7 Å². The van der Waals surface area contributed by atoms with Crippen LogP contribution in [0, 0.1) is 0 Å². The van der Waals surface area contributed by atoms with Gasteiger partial charge in [-0.3, -0.25) is 19.4 Å². The predicted molar refractivity (Wildman–Crippen MR) is 114 cm³/mol. The number of H-pyrrole nitrogens is 1. The number of aromatic amines is 1. The second-order valence-electron chi connectivity index (χ2n) is 6.41. The lowest BCUT2D eigenvalue weighted by molar-refractivity contribution is 0.792. The van der Waals surface area contributed by atoms with Gasteiger partial charge < -0.3 is 0 Å². The molecule has 1 N–H and O–H groups in total. The summed E-state index contributed by atoms with van der Waals surface area (Å²) in [4.78, 5) is 25.0. The highest BCUT2D eigenvalue weighted by Gasteiger charge is 2.17. The molecule has 4 heterocycles. The van der Waals surface area contributed by atoms with Gasteiger partial charge in [0.05, 0.1) is 18.4 Å². The summed E-state index contributed by atoms with van der Waals surface area (Å²) < 4.78 is 1.69. The topological polar surface area (TPSA) is 79.7 Å². The van der Waals surface area contributed by atoms with Crippen molar-refractivity contribution in [3.63, 3.8) is 0 Å². The van der Waals surface area contributed by atoms with E-state index < -0.39 is 0 Å². The second-order valence-corrected chi connectivity index (χ2v) is 7.45. The highest BCUT2D eigenvalue weighted by Crippen LogP contribution is 2.31. The van der Waals surface area contributed by atoms with Gasteiger partial charge in [-0.15, -0.1) is 11.3 Å². The molecule has 7 nitrogen and oxygen atoms in total. The van der Waals surface area contributed by atoms with E-state index in [4.69, 9.17) is 4.98 Å². The third-order valence-electron chi connectivity index (χ3n) is 4.56. The zero-order valence-corrected chi connectivity index (χ0v) is 16.1. The van der Waals surface area contributed by atoms with Crippen molar-refractivity contribution in [2.45, 2.75) is 6.54 Å². The third-order valence-corrected chi connectivity index (χ3v) is 5.42. The Morgan fingerprint density at radius 1 is 1.00 bits per heavy atom. The number of para-hydroxylation sites is 1. The zero-order chi connectivity index (χ0) is 19.6. The Morgan fingerprint density at radius 2 is 1.90 bits per heavy atom. The van der Waals surface area contributed by atoms with Crippen molar-refractivity contribution in [2.75, 3.05) is 4.90 Å². The third kappa shape index (κ3) is 3.30. The van der Waals surface area contributed by atoms with Gasteiger partial charge in [-0.05, 0) is 29.6 Å². The molecule has 0 atom stereocenters. The summed E-state index contributed by atoms with van der Waals surface area (Å²) in [7, 11) is 0. The van der Waals surface area contributed by atoms with E-state index in [0.29, 0.717) is 18.1 Å². The van der Waals surface area contributed by atoms with E-state index in [1.54, 1.807) is 46.6 Å². The average molecular weight is 400 g/mol. The second kappa shape index (κ2) is 7.33. The Labute approximate surface area is 169 Å². The van der Waals surface area contributed by atoms with Gasteiger partial charge in [0.25, 0.3) is 5.56 Å². The number of anilines is 3. The molecular weight excluding hydrogens is 384 g/mol. The standard InChI is InChI=1S/C21H16N6OS/c28-19-9-8-15-11-22-21(25-20(15)26(19)14-18-7-4-10-29-18)27(17-12-23-24-13-17)16-5-2-1-3-6-16/h1-13H,14H2,(H,23,24). The van der Waals surface area contributed by atoms with Crippen LogP contribution in [0.1, 0.15) is 4.88 Å². The fourth-order valence-electron chi connectivity index (χ4n) is 3.20. The van der Waals surface area contributed by atoms with Crippen LogP contribution in [0.25, 0.3) is 11.0 Å². The number of nitrogens with zero attached hydrogens (tertiary/aromatic N) is 5. The summed E-state index contributed by atoms with van der Waals surface area (Å²) >= 11 is 1.61. The molecule has 5 rings (SSSR count). The molecule has 0 aliphatic carbocycles. The van der Waals surface area contributed by atoms with Crippen LogP contribution in [0.2, 0.25) is 0 Å². The number of pyridine rings is 1. The number of hydrogen-bond acceptors (Lipinski definition) is 6. The van der Waals surface area contributed by atoms with Gasteiger partial charge in [0.15, 0.2) is 0 Å². The van der Waals surface area contributed by atoms with E-state index in [-0.39, 0.29) is 5.56 Å². The van der Waals surface area contributed by atoms with Crippen molar-refractivity contribution in [1.82, 2.24) is 24.7 Å². The lowest BCUT2D eigenvalue weighted by Gasteiger charge is -2.21. The van der Waals surface area contributed by atoms with Crippen LogP contribution in [0.5, 0.6) is 0 Å². The maximum Gasteiger partial charge on any atom is 0.252 e. The molecule has 4 aromatic heterocycles. The maximum atomic E-state index is 12.6. The Morgan fingerprint density at radius 3 is 2.66 bits per heavy atom. The zero-order valence-electron chi connectivity index (χ0n) is 15.3. The van der Waals surface area contributed by atoms with Crippen molar-refractivity contribution in [3.8, 4) is 0 Å². The lowest BCUT2D eigenvalue weighted by atomic mass is 10.2. The average Bonchev–Trinajstić information content (AvgIpc) is 3.46. The molecule has 1 aromatic carbocycles. The van der Waals surface area contributed by atoms with Crippen LogP contribution in [-0.4, -0.2) is 24.7 Å². The summed E-state index contributed by atoms with van der Waals surface area (Å²) in [5.41, 5.74) is 2.21. The molecule has 5 aromatic rings. The van der Waals surface area contributed by atoms with Gasteiger partial charge in [-0.25, -0.2) is 4.98 Å². The Kier molecular flexibility index (Phi) is 4.38. The van der Waals surface area contributed by atoms with Crippen molar-refractivity contribution < 1.29 is 0 Å². The summed E-state index contributed by atoms with van der Waals surface area (Å²) in [6.45, 7) is 0.474. The van der Waals surface area contributed by atoms with E-state index in [2.05, 4.69) is 15.2 Å². The summed E-state index contributed by atoms with van der Waals surface area (Å²) in [5.74, 6) is 0.468. The molecule has 8 heteroatoms. The number of thiophene rings is 1. The van der Waals surface area contributed by atoms with Crippen LogP contribution >= 0.6 is 11.3 Å². The molecule has 0 unspecified atom stereocenters. The number of benzene rings is 1. The van der Waals surface area contributed by atoms with Gasteiger partial charge in [0.1, 0.15) is 5.65 Å². The Hall–Kier alpha value is -3.78. The first kappa shape index (κ1) is 17.3. The summed E-state index contributed by atoms with van der Waals surface area (Å²) in [6, 6.07) is 17.1. The van der Waals surface area contributed by atoms with Crippen LogP contribution in [0.3, 0.4) is 0 Å². The minimum Gasteiger partial charge on any atom is -0.287 e. The van der Waals surface area contributed by atoms with Crippen LogP contribution in [0.4, 0.5) is 17.3 Å². The first-order valence-corrected chi connectivity index (χ1v) is 9.90. The molecule has 0 saturated heterocycles. The molecule has 0 radical (unpaired) electrons. The molecule has 0 spiro atoms. The van der Waals surface area contributed by atoms with E-state index in [0.717, 1.165) is 21.6 Å². The molecule has 0 amide bonds. The van der Waals surface area contributed by atoms with Crippen molar-refractivity contribution in [2.24, 2.45) is 0 Å². The smallest absolute Gasteiger partial charge is 0.252 e. The number of rotatable bonds is 5. The van der Waals surface area contributed by atoms with E-state index >= 15 is 0 Å². The Bertz CT molecular complexity index is 1300. The van der Waals surface area contributed by atoms with Crippen molar-refractivity contribution in [1.29, 1.82) is 0 Å². The molecule has 0 aliphatic heterocycles. The highest BCUT2D eigenvalue weighted by molar-refractivity contribution is 7.09. The summed E-state index contributed by atoms with van der Waals surface area (Å²) in [5, 5.41) is 9.71. The van der Waals surface area contributed by atoms with Crippen LogP contribution in [-0.2, 0) is 6.54 Å². The van der Waals surface area contributed by atoms with E-state index in [9.17, 15) is 4.79 Å². The fraction of sp³-hybridized carbons (Fsp3) is 0.0476. The van der Waals surface area contributed by atoms with Gasteiger partial charge >= 0.3 is 0 Å². The minimum absolute atomic E-state index is 0.0925. The molecule has 0 saturated carbocycles. The monoisotopic (exact) mass is 400 g/mol. The first-order valence-electron chi connectivity index (χ1n) is 9.02. The Balaban J connectivity index is 1.69. The molecular formula is C21H16N6OS. The number of hydrogen-bond donors (Lipinski definition) is 1.